The fraction of sp³-hybridized carbons (Fsp3) is 0.389. The van der Waals surface area contributed by atoms with Crippen LogP contribution in [0, 0.1) is 13.8 Å². The summed E-state index contributed by atoms with van der Waals surface area (Å²) in [4.78, 5) is 32.6. The number of carbonyl (C=O) groups is 1. The van der Waals surface area contributed by atoms with E-state index in [9.17, 15) is 9.59 Å². The number of nitrogens with one attached hydrogen (secondary N) is 1. The monoisotopic (exact) mass is 359 g/mol. The van der Waals surface area contributed by atoms with Crippen molar-refractivity contribution in [2.45, 2.75) is 37.3 Å². The van der Waals surface area contributed by atoms with Crippen LogP contribution in [-0.4, -0.2) is 45.2 Å². The van der Waals surface area contributed by atoms with Crippen molar-refractivity contribution in [2.75, 3.05) is 13.1 Å². The molecule has 1 amide bonds. The molecule has 0 unspecified atom stereocenters. The lowest BCUT2D eigenvalue weighted by molar-refractivity contribution is -0.139. The average Bonchev–Trinajstić information content (AvgIpc) is 2.49. The molecule has 7 heteroatoms. The number of aryl methyl sites for hydroxylation is 2. The van der Waals surface area contributed by atoms with Crippen molar-refractivity contribution in [3.05, 3.63) is 51.9 Å². The molecule has 3 rings (SSSR count). The zero-order valence-electron chi connectivity index (χ0n) is 14.5. The van der Waals surface area contributed by atoms with E-state index in [1.165, 1.54) is 17.8 Å². The van der Waals surface area contributed by atoms with E-state index in [0.29, 0.717) is 23.9 Å². The fourth-order valence-electron chi connectivity index (χ4n) is 2.66. The van der Waals surface area contributed by atoms with Crippen LogP contribution in [0.3, 0.4) is 0 Å². The van der Waals surface area contributed by atoms with Crippen molar-refractivity contribution >= 4 is 17.7 Å². The van der Waals surface area contributed by atoms with Crippen LogP contribution in [0.5, 0.6) is 5.75 Å². The van der Waals surface area contributed by atoms with Gasteiger partial charge in [-0.2, -0.15) is 0 Å². The van der Waals surface area contributed by atoms with Crippen molar-refractivity contribution in [2.24, 2.45) is 0 Å². The first-order valence-electron chi connectivity index (χ1n) is 8.17. The van der Waals surface area contributed by atoms with Gasteiger partial charge in [0.05, 0.1) is 18.3 Å². The Kier molecular flexibility index (Phi) is 5.13. The number of rotatable bonds is 5. The first kappa shape index (κ1) is 17.5. The minimum Gasteiger partial charge on any atom is -0.487 e. The van der Waals surface area contributed by atoms with E-state index >= 15 is 0 Å². The Morgan fingerprint density at radius 1 is 1.36 bits per heavy atom. The average molecular weight is 359 g/mol. The highest BCUT2D eigenvalue weighted by molar-refractivity contribution is 8.00. The largest absolute Gasteiger partial charge is 0.487 e. The van der Waals surface area contributed by atoms with Gasteiger partial charge in [0.2, 0.25) is 5.91 Å². The smallest absolute Gasteiger partial charge is 0.251 e. The maximum atomic E-state index is 12.5. The summed E-state index contributed by atoms with van der Waals surface area (Å²) in [7, 11) is 0. The molecule has 1 atom stereocenters. The zero-order valence-corrected chi connectivity index (χ0v) is 15.3. The predicted octanol–water partition coefficient (Wildman–Crippen LogP) is 2.16. The summed E-state index contributed by atoms with van der Waals surface area (Å²) in [6.45, 7) is 6.76. The quantitative estimate of drug-likeness (QED) is 0.654. The Bertz CT molecular complexity index is 830. The molecule has 0 radical (unpaired) electrons. The maximum Gasteiger partial charge on any atom is 0.251 e. The van der Waals surface area contributed by atoms with Gasteiger partial charge in [-0.15, -0.1) is 0 Å². The number of aromatic amines is 1. The Balaban J connectivity index is 1.51. The molecule has 1 aromatic carbocycles. The summed E-state index contributed by atoms with van der Waals surface area (Å²) < 4.78 is 5.88. The van der Waals surface area contributed by atoms with Crippen molar-refractivity contribution in [1.29, 1.82) is 0 Å². The van der Waals surface area contributed by atoms with E-state index in [0.717, 1.165) is 11.3 Å². The Hall–Kier alpha value is -2.28. The minimum atomic E-state index is -0.315. The van der Waals surface area contributed by atoms with E-state index in [4.69, 9.17) is 4.74 Å². The molecule has 0 aliphatic carbocycles. The number of H-pyrrole nitrogens is 1. The topological polar surface area (TPSA) is 75.3 Å². The van der Waals surface area contributed by atoms with Crippen LogP contribution in [0.2, 0.25) is 0 Å². The first-order chi connectivity index (χ1) is 11.9. The summed E-state index contributed by atoms with van der Waals surface area (Å²) >= 11 is 1.27. The fourth-order valence-corrected chi connectivity index (χ4v) is 3.60. The number of likely N-dealkylation sites (tertiary alicyclic amines) is 1. The van der Waals surface area contributed by atoms with Crippen LogP contribution >= 0.6 is 11.8 Å². The second-order valence-electron chi connectivity index (χ2n) is 6.25. The minimum absolute atomic E-state index is 0.0262. The van der Waals surface area contributed by atoms with Gasteiger partial charge >= 0.3 is 0 Å². The van der Waals surface area contributed by atoms with Crippen LogP contribution in [-0.2, 0) is 4.79 Å². The van der Waals surface area contributed by atoms with Gasteiger partial charge in [0.1, 0.15) is 11.9 Å². The second-order valence-corrected chi connectivity index (χ2v) is 7.58. The molecule has 1 fully saturated rings. The van der Waals surface area contributed by atoms with Crippen LogP contribution in [0.4, 0.5) is 0 Å². The number of hydrogen-bond donors (Lipinski definition) is 1. The van der Waals surface area contributed by atoms with Gasteiger partial charge in [0, 0.05) is 11.8 Å². The molecule has 0 saturated carbocycles. The molecule has 2 heterocycles. The lowest BCUT2D eigenvalue weighted by Crippen LogP contribution is -2.57. The number of aromatic nitrogens is 2. The van der Waals surface area contributed by atoms with E-state index in [1.807, 2.05) is 38.1 Å². The van der Waals surface area contributed by atoms with Crippen LogP contribution in [0.25, 0.3) is 0 Å². The van der Waals surface area contributed by atoms with Gasteiger partial charge in [-0.1, -0.05) is 23.9 Å². The number of benzene rings is 1. The van der Waals surface area contributed by atoms with Crippen LogP contribution in [0.1, 0.15) is 18.2 Å². The van der Waals surface area contributed by atoms with E-state index in [2.05, 4.69) is 9.97 Å². The van der Waals surface area contributed by atoms with Gasteiger partial charge in [0.15, 0.2) is 5.16 Å². The number of thioether (sulfide) groups is 1. The summed E-state index contributed by atoms with van der Waals surface area (Å²) in [5, 5.41) is 0.156. The number of carbonyl (C=O) groups excluding carboxylic acids is 1. The Morgan fingerprint density at radius 3 is 2.80 bits per heavy atom. The third kappa shape index (κ3) is 4.42. The van der Waals surface area contributed by atoms with Gasteiger partial charge in [-0.25, -0.2) is 4.98 Å². The summed E-state index contributed by atoms with van der Waals surface area (Å²) in [5.41, 5.74) is 1.58. The first-order valence-corrected chi connectivity index (χ1v) is 9.05. The molecule has 1 N–H and O–H groups in total. The molecular weight excluding hydrogens is 338 g/mol. The molecule has 25 heavy (non-hydrogen) atoms. The SMILES string of the molecule is Cc1cccc(OC2CN(C(=O)[C@H](C)Sc3nc(C)cc(=O)[nH]3)C2)c1. The molecular formula is C18H21N3O3S. The third-order valence-corrected chi connectivity index (χ3v) is 4.91. The number of ether oxygens (including phenoxy) is 1. The highest BCUT2D eigenvalue weighted by Gasteiger charge is 2.35. The Morgan fingerprint density at radius 2 is 2.12 bits per heavy atom. The van der Waals surface area contributed by atoms with E-state index in [-0.39, 0.29) is 22.8 Å². The molecule has 1 saturated heterocycles. The normalized spacial score (nSPS) is 15.6. The summed E-state index contributed by atoms with van der Waals surface area (Å²) in [5.74, 6) is 0.860. The van der Waals surface area contributed by atoms with Gasteiger partial charge < -0.3 is 14.6 Å². The van der Waals surface area contributed by atoms with Crippen LogP contribution < -0.4 is 10.3 Å². The van der Waals surface area contributed by atoms with Crippen molar-refractivity contribution in [3.63, 3.8) is 0 Å². The van der Waals surface area contributed by atoms with Gasteiger partial charge in [-0.3, -0.25) is 9.59 Å². The molecule has 1 aliphatic rings. The zero-order chi connectivity index (χ0) is 18.0. The lowest BCUT2D eigenvalue weighted by atomic mass is 10.1. The molecule has 1 aromatic heterocycles. The number of nitrogens with zero attached hydrogens (tertiary/aromatic N) is 2. The number of hydrogen-bond acceptors (Lipinski definition) is 5. The lowest BCUT2D eigenvalue weighted by Gasteiger charge is -2.40. The third-order valence-electron chi connectivity index (χ3n) is 3.94. The molecule has 2 aromatic rings. The molecule has 6 nitrogen and oxygen atoms in total. The highest BCUT2D eigenvalue weighted by Crippen LogP contribution is 2.24. The van der Waals surface area contributed by atoms with Gasteiger partial charge in [0.25, 0.3) is 5.56 Å². The molecule has 1 aliphatic heterocycles. The highest BCUT2D eigenvalue weighted by atomic mass is 32.2. The molecule has 0 spiro atoms. The predicted molar refractivity (Wildman–Crippen MR) is 97.1 cm³/mol. The van der Waals surface area contributed by atoms with Crippen molar-refractivity contribution in [1.82, 2.24) is 14.9 Å². The summed E-state index contributed by atoms with van der Waals surface area (Å²) in [6.07, 6.45) is 0.0276. The van der Waals surface area contributed by atoms with E-state index < -0.39 is 0 Å². The Labute approximate surface area is 150 Å². The van der Waals surface area contributed by atoms with E-state index in [1.54, 1.807) is 11.8 Å². The summed E-state index contributed by atoms with van der Waals surface area (Å²) in [6, 6.07) is 9.32. The van der Waals surface area contributed by atoms with Gasteiger partial charge in [-0.05, 0) is 38.5 Å². The molecule has 132 valence electrons. The standard InChI is InChI=1S/C18H21N3O3S/c1-11-5-4-6-14(7-11)24-15-9-21(10-15)17(23)13(3)25-18-19-12(2)8-16(22)20-18/h4-8,13,15H,9-10H2,1-3H3,(H,19,20,22)/t13-/m0/s1. The number of amides is 1. The maximum absolute atomic E-state index is 12.5. The van der Waals surface area contributed by atoms with Crippen molar-refractivity contribution in [3.8, 4) is 5.75 Å². The van der Waals surface area contributed by atoms with Crippen molar-refractivity contribution < 1.29 is 9.53 Å². The van der Waals surface area contributed by atoms with Crippen LogP contribution in [0.15, 0.2) is 40.3 Å². The second kappa shape index (κ2) is 7.31. The molecule has 0 bridgehead atoms.